The Morgan fingerprint density at radius 1 is 0.931 bits per heavy atom. The van der Waals surface area contributed by atoms with Crippen LogP contribution in [0.15, 0.2) is 48.2 Å². The second-order valence-corrected chi connectivity index (χ2v) is 8.01. The van der Waals surface area contributed by atoms with E-state index in [1.807, 2.05) is 18.2 Å². The standard InChI is InChI=1S/C23H37NO4S/c1-2-3-4-5-6-7-8-9-11-14-17-22(24(27)28)18-15-12-10-13-16-20-29-21-19-23(25)26/h6-7,9,11-12,15,17H,2-5,8,10,13-14,16,18-21H2,1H3,(H,25,26)/b7-6+,11-9+,15-12+,22-17-. The Kier molecular flexibility index (Phi) is 19.6. The third-order valence-electron chi connectivity index (χ3n) is 4.17. The van der Waals surface area contributed by atoms with E-state index < -0.39 is 5.97 Å². The van der Waals surface area contributed by atoms with Crippen molar-refractivity contribution in [1.29, 1.82) is 0 Å². The van der Waals surface area contributed by atoms with Crippen LogP contribution in [0.1, 0.15) is 77.6 Å². The number of thioether (sulfide) groups is 1. The zero-order chi connectivity index (χ0) is 21.6. The summed E-state index contributed by atoms with van der Waals surface area (Å²) in [5, 5.41) is 19.7. The van der Waals surface area contributed by atoms with Crippen LogP contribution in [0, 0.1) is 10.1 Å². The van der Waals surface area contributed by atoms with Crippen molar-refractivity contribution in [3.05, 3.63) is 58.3 Å². The van der Waals surface area contributed by atoms with Crippen molar-refractivity contribution in [3.8, 4) is 0 Å². The van der Waals surface area contributed by atoms with Gasteiger partial charge in [0.15, 0.2) is 0 Å². The van der Waals surface area contributed by atoms with E-state index in [0.29, 0.717) is 18.6 Å². The molecule has 0 radical (unpaired) electrons. The van der Waals surface area contributed by atoms with Crippen molar-refractivity contribution in [2.24, 2.45) is 0 Å². The summed E-state index contributed by atoms with van der Waals surface area (Å²) in [5.74, 6) is 0.869. The summed E-state index contributed by atoms with van der Waals surface area (Å²) in [4.78, 5) is 21.2. The molecule has 0 bridgehead atoms. The summed E-state index contributed by atoms with van der Waals surface area (Å²) in [5.41, 5.74) is 0.241. The lowest BCUT2D eigenvalue weighted by Crippen LogP contribution is -1.97. The summed E-state index contributed by atoms with van der Waals surface area (Å²) in [7, 11) is 0. The highest BCUT2D eigenvalue weighted by atomic mass is 32.2. The summed E-state index contributed by atoms with van der Waals surface area (Å²) >= 11 is 1.66. The molecule has 0 heterocycles. The number of rotatable bonds is 19. The number of carboxylic acids is 1. The molecule has 0 amide bonds. The van der Waals surface area contributed by atoms with Gasteiger partial charge in [-0.05, 0) is 56.8 Å². The highest BCUT2D eigenvalue weighted by molar-refractivity contribution is 7.99. The van der Waals surface area contributed by atoms with Crippen LogP contribution in [0.3, 0.4) is 0 Å². The molecule has 0 rings (SSSR count). The topological polar surface area (TPSA) is 80.4 Å². The molecule has 0 spiro atoms. The Balaban J connectivity index is 3.89. The molecule has 6 heteroatoms. The van der Waals surface area contributed by atoms with E-state index in [0.717, 1.165) is 37.9 Å². The second kappa shape index (κ2) is 20.9. The van der Waals surface area contributed by atoms with Gasteiger partial charge < -0.3 is 5.11 Å². The summed E-state index contributed by atoms with van der Waals surface area (Å²) < 4.78 is 0. The fourth-order valence-corrected chi connectivity index (χ4v) is 3.41. The minimum absolute atomic E-state index is 0.214. The maximum Gasteiger partial charge on any atom is 0.304 e. The molecular formula is C23H37NO4S. The van der Waals surface area contributed by atoms with Crippen LogP contribution in [0.2, 0.25) is 0 Å². The van der Waals surface area contributed by atoms with Crippen LogP contribution in [-0.4, -0.2) is 27.5 Å². The monoisotopic (exact) mass is 423 g/mol. The van der Waals surface area contributed by atoms with Crippen LogP contribution in [0.4, 0.5) is 0 Å². The SMILES string of the molecule is CCCCC/C=C/C/C=C/C/C=C(/C/C=C/CCCCSCCC(=O)O)[N+](=O)[O-]. The van der Waals surface area contributed by atoms with Gasteiger partial charge >= 0.3 is 5.97 Å². The minimum Gasteiger partial charge on any atom is -0.481 e. The highest BCUT2D eigenvalue weighted by Gasteiger charge is 2.06. The Morgan fingerprint density at radius 2 is 1.59 bits per heavy atom. The van der Waals surface area contributed by atoms with Gasteiger partial charge in [-0.15, -0.1) is 0 Å². The molecule has 29 heavy (non-hydrogen) atoms. The molecule has 0 saturated carbocycles. The highest BCUT2D eigenvalue weighted by Crippen LogP contribution is 2.10. The molecule has 0 aliphatic rings. The van der Waals surface area contributed by atoms with E-state index in [9.17, 15) is 14.9 Å². The molecule has 0 aromatic heterocycles. The average Bonchev–Trinajstić information content (AvgIpc) is 2.68. The molecule has 0 atom stereocenters. The fraction of sp³-hybridized carbons (Fsp3) is 0.609. The molecular weight excluding hydrogens is 386 g/mol. The van der Waals surface area contributed by atoms with Crippen LogP contribution >= 0.6 is 11.8 Å². The van der Waals surface area contributed by atoms with Crippen molar-refractivity contribution >= 4 is 17.7 Å². The Hall–Kier alpha value is -1.82. The Bertz CT molecular complexity index is 553. The van der Waals surface area contributed by atoms with Crippen molar-refractivity contribution in [2.45, 2.75) is 77.6 Å². The number of carbonyl (C=O) groups is 1. The first kappa shape index (κ1) is 27.2. The average molecular weight is 424 g/mol. The van der Waals surface area contributed by atoms with Gasteiger partial charge in [0.2, 0.25) is 5.70 Å². The summed E-state index contributed by atoms with van der Waals surface area (Å²) in [6.07, 6.45) is 23.8. The third-order valence-corrected chi connectivity index (χ3v) is 5.24. The molecule has 164 valence electrons. The molecule has 0 fully saturated rings. The number of carboxylic acid groups (broad SMARTS) is 1. The quantitative estimate of drug-likeness (QED) is 0.105. The molecule has 0 aromatic carbocycles. The lowest BCUT2D eigenvalue weighted by Gasteiger charge is -1.98. The van der Waals surface area contributed by atoms with E-state index in [4.69, 9.17) is 5.11 Å². The maximum atomic E-state index is 11.1. The number of hydrogen-bond donors (Lipinski definition) is 1. The summed E-state index contributed by atoms with van der Waals surface area (Å²) in [6.45, 7) is 2.20. The lowest BCUT2D eigenvalue weighted by molar-refractivity contribution is -0.427. The van der Waals surface area contributed by atoms with E-state index in [1.54, 1.807) is 17.8 Å². The van der Waals surface area contributed by atoms with Gasteiger partial charge in [-0.2, -0.15) is 11.8 Å². The number of hydrogen-bond acceptors (Lipinski definition) is 4. The zero-order valence-corrected chi connectivity index (χ0v) is 18.6. The first-order valence-electron chi connectivity index (χ1n) is 10.7. The third kappa shape index (κ3) is 20.7. The second-order valence-electron chi connectivity index (χ2n) is 6.79. The minimum atomic E-state index is -0.750. The number of nitro groups is 1. The predicted molar refractivity (Wildman–Crippen MR) is 124 cm³/mol. The van der Waals surface area contributed by atoms with Gasteiger partial charge in [-0.25, -0.2) is 0 Å². The molecule has 0 aliphatic carbocycles. The largest absolute Gasteiger partial charge is 0.481 e. The molecule has 1 N–H and O–H groups in total. The summed E-state index contributed by atoms with van der Waals surface area (Å²) in [6, 6.07) is 0. The van der Waals surface area contributed by atoms with Crippen LogP contribution < -0.4 is 0 Å². The van der Waals surface area contributed by atoms with Gasteiger partial charge in [0, 0.05) is 5.75 Å². The van der Waals surface area contributed by atoms with E-state index >= 15 is 0 Å². The maximum absolute atomic E-state index is 11.1. The Morgan fingerprint density at radius 3 is 2.28 bits per heavy atom. The predicted octanol–water partition coefficient (Wildman–Crippen LogP) is 6.94. The first-order valence-corrected chi connectivity index (χ1v) is 11.8. The normalized spacial score (nSPS) is 12.5. The Labute approximate surface area is 180 Å². The molecule has 5 nitrogen and oxygen atoms in total. The molecule has 0 unspecified atom stereocenters. The first-order chi connectivity index (χ1) is 14.1. The number of unbranched alkanes of at least 4 members (excludes halogenated alkanes) is 5. The number of aliphatic carboxylic acids is 1. The fourth-order valence-electron chi connectivity index (χ4n) is 2.48. The molecule has 0 aromatic rings. The van der Waals surface area contributed by atoms with Crippen molar-refractivity contribution in [3.63, 3.8) is 0 Å². The van der Waals surface area contributed by atoms with Gasteiger partial charge in [0.05, 0.1) is 17.8 Å². The van der Waals surface area contributed by atoms with Crippen LogP contribution in [-0.2, 0) is 4.79 Å². The van der Waals surface area contributed by atoms with Crippen LogP contribution in [0.5, 0.6) is 0 Å². The zero-order valence-electron chi connectivity index (χ0n) is 17.8. The van der Waals surface area contributed by atoms with Gasteiger partial charge in [-0.1, -0.05) is 56.2 Å². The number of allylic oxidation sites excluding steroid dienone is 7. The van der Waals surface area contributed by atoms with Gasteiger partial charge in [0.25, 0.3) is 0 Å². The number of nitrogens with zero attached hydrogens (tertiary/aromatic N) is 1. The van der Waals surface area contributed by atoms with Crippen molar-refractivity contribution in [2.75, 3.05) is 11.5 Å². The van der Waals surface area contributed by atoms with Crippen molar-refractivity contribution in [1.82, 2.24) is 0 Å². The van der Waals surface area contributed by atoms with E-state index in [2.05, 4.69) is 25.2 Å². The molecule has 0 aliphatic heterocycles. The lowest BCUT2D eigenvalue weighted by atomic mass is 10.2. The molecule has 0 saturated heterocycles. The van der Waals surface area contributed by atoms with Gasteiger partial charge in [-0.3, -0.25) is 14.9 Å². The van der Waals surface area contributed by atoms with Gasteiger partial charge in [0.1, 0.15) is 0 Å². The van der Waals surface area contributed by atoms with E-state index in [1.165, 1.54) is 19.3 Å². The smallest absolute Gasteiger partial charge is 0.304 e. The van der Waals surface area contributed by atoms with Crippen LogP contribution in [0.25, 0.3) is 0 Å². The van der Waals surface area contributed by atoms with Crippen molar-refractivity contribution < 1.29 is 14.8 Å². The van der Waals surface area contributed by atoms with E-state index in [-0.39, 0.29) is 17.0 Å².